The van der Waals surface area contributed by atoms with Gasteiger partial charge in [-0.05, 0) is 48.5 Å². The number of nitrogens with zero attached hydrogens (tertiary/aromatic N) is 8. The van der Waals surface area contributed by atoms with Gasteiger partial charge in [-0.15, -0.1) is 5.10 Å². The molecule has 12 nitrogen and oxygen atoms in total. The minimum atomic E-state index is -3.62. The number of benzene rings is 2. The lowest BCUT2D eigenvalue weighted by molar-refractivity contribution is 0.0730. The van der Waals surface area contributed by atoms with Crippen LogP contribution in [0.2, 0.25) is 0 Å². The summed E-state index contributed by atoms with van der Waals surface area (Å²) >= 11 is 0. The Labute approximate surface area is 223 Å². The molecule has 2 aromatic carbocycles. The smallest absolute Gasteiger partial charge is 0.253 e. The lowest BCUT2D eigenvalue weighted by Gasteiger charge is -2.35. The van der Waals surface area contributed by atoms with E-state index in [9.17, 15) is 17.6 Å². The van der Waals surface area contributed by atoms with Crippen LogP contribution in [-0.4, -0.2) is 101 Å². The fourth-order valence-electron chi connectivity index (χ4n) is 4.73. The molecule has 4 aromatic rings. The number of hydrogen-bond donors (Lipinski definition) is 0. The van der Waals surface area contributed by atoms with Crippen LogP contribution in [0, 0.1) is 5.82 Å². The van der Waals surface area contributed by atoms with Gasteiger partial charge in [-0.2, -0.15) is 8.99 Å². The molecule has 0 N–H and O–H groups in total. The van der Waals surface area contributed by atoms with E-state index in [1.54, 1.807) is 29.2 Å². The van der Waals surface area contributed by atoms with E-state index in [4.69, 9.17) is 4.74 Å². The maximum atomic E-state index is 13.3. The maximum Gasteiger partial charge on any atom is 0.253 e. The number of hydrogen-bond acceptors (Lipinski definition) is 9. The van der Waals surface area contributed by atoms with Crippen LogP contribution in [0.3, 0.4) is 0 Å². The van der Waals surface area contributed by atoms with Gasteiger partial charge in [-0.1, -0.05) is 5.21 Å². The van der Waals surface area contributed by atoms with Crippen molar-refractivity contribution in [3.8, 4) is 5.69 Å². The summed E-state index contributed by atoms with van der Waals surface area (Å²) in [5, 5.41) is 8.45. The molecular weight excluding hydrogens is 527 g/mol. The van der Waals surface area contributed by atoms with E-state index in [0.29, 0.717) is 80.7 Å². The van der Waals surface area contributed by atoms with Crippen LogP contribution in [0.15, 0.2) is 59.8 Å². The van der Waals surface area contributed by atoms with Crippen LogP contribution in [0.25, 0.3) is 16.9 Å². The summed E-state index contributed by atoms with van der Waals surface area (Å²) in [4.78, 5) is 25.8. The summed E-state index contributed by atoms with van der Waals surface area (Å²) < 4.78 is 47.2. The molecule has 39 heavy (non-hydrogen) atoms. The van der Waals surface area contributed by atoms with Crippen LogP contribution < -0.4 is 4.90 Å². The lowest BCUT2D eigenvalue weighted by atomic mass is 10.2. The number of amides is 1. The molecule has 14 heteroatoms. The van der Waals surface area contributed by atoms with Gasteiger partial charge in [0.15, 0.2) is 17.0 Å². The van der Waals surface area contributed by atoms with Crippen molar-refractivity contribution in [2.75, 3.05) is 57.4 Å². The molecule has 4 heterocycles. The van der Waals surface area contributed by atoms with Gasteiger partial charge in [0.1, 0.15) is 12.1 Å². The number of ether oxygens (including phenoxy) is 1. The second-order valence-corrected chi connectivity index (χ2v) is 11.1. The van der Waals surface area contributed by atoms with Gasteiger partial charge in [0.05, 0.1) is 23.8 Å². The van der Waals surface area contributed by atoms with Crippen LogP contribution in [-0.2, 0) is 14.8 Å². The molecule has 2 aliphatic rings. The first-order chi connectivity index (χ1) is 18.9. The Bertz CT molecular complexity index is 1600. The number of morpholine rings is 1. The van der Waals surface area contributed by atoms with E-state index in [2.05, 4.69) is 20.3 Å². The van der Waals surface area contributed by atoms with Gasteiger partial charge in [0.2, 0.25) is 10.0 Å². The molecule has 0 unspecified atom stereocenters. The highest BCUT2D eigenvalue weighted by atomic mass is 32.2. The van der Waals surface area contributed by atoms with Crippen LogP contribution in [0.1, 0.15) is 10.4 Å². The van der Waals surface area contributed by atoms with Crippen molar-refractivity contribution >= 4 is 32.9 Å². The molecule has 0 atom stereocenters. The predicted octanol–water partition coefficient (Wildman–Crippen LogP) is 1.33. The number of halogens is 1. The van der Waals surface area contributed by atoms with E-state index >= 15 is 0 Å². The molecule has 202 valence electrons. The Balaban J connectivity index is 1.14. The SMILES string of the molecule is O=C(c1ccc(S(=O)(=O)N2CCOCC2)cc1)N1CCN(c2ncnc3c2nnn3-c2ccc(F)cc2)CC1. The monoisotopic (exact) mass is 552 g/mol. The fraction of sp³-hybridized carbons (Fsp3) is 0.320. The third-order valence-corrected chi connectivity index (χ3v) is 8.78. The largest absolute Gasteiger partial charge is 0.379 e. The summed E-state index contributed by atoms with van der Waals surface area (Å²) in [5.41, 5.74) is 2.06. The normalized spacial score (nSPS) is 17.1. The number of rotatable bonds is 5. The van der Waals surface area contributed by atoms with Gasteiger partial charge in [-0.3, -0.25) is 4.79 Å². The highest BCUT2D eigenvalue weighted by Crippen LogP contribution is 2.24. The summed E-state index contributed by atoms with van der Waals surface area (Å²) in [6.07, 6.45) is 1.44. The summed E-state index contributed by atoms with van der Waals surface area (Å²) in [6.45, 7) is 3.30. The number of piperazine rings is 1. The first-order valence-electron chi connectivity index (χ1n) is 12.5. The maximum absolute atomic E-state index is 13.3. The molecule has 0 radical (unpaired) electrons. The quantitative estimate of drug-likeness (QED) is 0.360. The third-order valence-electron chi connectivity index (χ3n) is 6.87. The molecular formula is C25H25FN8O4S. The molecule has 0 aliphatic carbocycles. The van der Waals surface area contributed by atoms with Gasteiger partial charge < -0.3 is 14.5 Å². The average Bonchev–Trinajstić information content (AvgIpc) is 3.42. The Hall–Kier alpha value is -4.01. The summed E-state index contributed by atoms with van der Waals surface area (Å²) in [6, 6.07) is 12.0. The predicted molar refractivity (Wildman–Crippen MR) is 139 cm³/mol. The average molecular weight is 553 g/mol. The van der Waals surface area contributed by atoms with E-state index in [1.165, 1.54) is 39.6 Å². The van der Waals surface area contributed by atoms with E-state index in [0.717, 1.165) is 0 Å². The zero-order valence-electron chi connectivity index (χ0n) is 20.8. The van der Waals surface area contributed by atoms with Crippen LogP contribution in [0.4, 0.5) is 10.2 Å². The standard InChI is InChI=1S/C25H25FN8O4S/c26-19-3-5-20(6-4-19)34-24-22(29-30-34)23(27-17-28-24)31-9-11-32(12-10-31)25(35)18-1-7-21(8-2-18)39(36,37)33-13-15-38-16-14-33/h1-8,17H,9-16H2. The molecule has 2 aliphatic heterocycles. The summed E-state index contributed by atoms with van der Waals surface area (Å²) in [5.74, 6) is 0.0954. The first kappa shape index (κ1) is 25.3. The third kappa shape index (κ3) is 4.82. The minimum absolute atomic E-state index is 0.159. The Kier molecular flexibility index (Phi) is 6.66. The second-order valence-electron chi connectivity index (χ2n) is 9.17. The molecule has 6 rings (SSSR count). The number of sulfonamides is 1. The second kappa shape index (κ2) is 10.3. The molecule has 2 aromatic heterocycles. The molecule has 0 spiro atoms. The van der Waals surface area contributed by atoms with Crippen molar-refractivity contribution in [1.82, 2.24) is 34.2 Å². The van der Waals surface area contributed by atoms with Gasteiger partial charge in [0.25, 0.3) is 5.91 Å². The van der Waals surface area contributed by atoms with Gasteiger partial charge >= 0.3 is 0 Å². The molecule has 2 fully saturated rings. The zero-order valence-corrected chi connectivity index (χ0v) is 21.7. The first-order valence-corrected chi connectivity index (χ1v) is 13.9. The van der Waals surface area contributed by atoms with Crippen molar-refractivity contribution in [3.05, 3.63) is 66.2 Å². The van der Waals surface area contributed by atoms with Crippen molar-refractivity contribution in [2.24, 2.45) is 0 Å². The number of carbonyl (C=O) groups is 1. The zero-order chi connectivity index (χ0) is 27.0. The fourth-order valence-corrected chi connectivity index (χ4v) is 6.14. The highest BCUT2D eigenvalue weighted by molar-refractivity contribution is 7.89. The van der Waals surface area contributed by atoms with Crippen molar-refractivity contribution in [1.29, 1.82) is 0 Å². The molecule has 2 saturated heterocycles. The van der Waals surface area contributed by atoms with E-state index < -0.39 is 10.0 Å². The van der Waals surface area contributed by atoms with Crippen molar-refractivity contribution < 1.29 is 22.3 Å². The van der Waals surface area contributed by atoms with Gasteiger partial charge in [-0.25, -0.2) is 22.8 Å². The van der Waals surface area contributed by atoms with Gasteiger partial charge in [0, 0.05) is 44.8 Å². The Morgan fingerprint density at radius 2 is 1.56 bits per heavy atom. The molecule has 0 saturated carbocycles. The van der Waals surface area contributed by atoms with E-state index in [-0.39, 0.29) is 16.6 Å². The summed E-state index contributed by atoms with van der Waals surface area (Å²) in [7, 11) is -3.62. The van der Waals surface area contributed by atoms with Crippen molar-refractivity contribution in [3.63, 3.8) is 0 Å². The lowest BCUT2D eigenvalue weighted by Crippen LogP contribution is -2.49. The molecule has 1 amide bonds. The Morgan fingerprint density at radius 3 is 2.26 bits per heavy atom. The number of anilines is 1. The number of aromatic nitrogens is 5. The number of fused-ring (bicyclic) bond motifs is 1. The highest BCUT2D eigenvalue weighted by Gasteiger charge is 2.28. The van der Waals surface area contributed by atoms with E-state index in [1.807, 2.05) is 4.90 Å². The minimum Gasteiger partial charge on any atom is -0.379 e. The van der Waals surface area contributed by atoms with Crippen LogP contribution >= 0.6 is 0 Å². The Morgan fingerprint density at radius 1 is 0.872 bits per heavy atom. The van der Waals surface area contributed by atoms with Crippen LogP contribution in [0.5, 0.6) is 0 Å². The van der Waals surface area contributed by atoms with Crippen molar-refractivity contribution in [2.45, 2.75) is 4.90 Å². The topological polar surface area (TPSA) is 127 Å². The number of carbonyl (C=O) groups excluding carboxylic acids is 1. The molecule has 0 bridgehead atoms.